The largest absolute Gasteiger partial charge is 0.464 e. The maximum Gasteiger partial charge on any atom is 0.354 e. The summed E-state index contributed by atoms with van der Waals surface area (Å²) in [4.78, 5) is 24.3. The monoisotopic (exact) mass is 239 g/mol. The first-order chi connectivity index (χ1) is 7.52. The van der Waals surface area contributed by atoms with E-state index in [4.69, 9.17) is 0 Å². The van der Waals surface area contributed by atoms with Gasteiger partial charge in [0.2, 0.25) is 5.91 Å². The third-order valence-electron chi connectivity index (χ3n) is 1.76. The van der Waals surface area contributed by atoms with Crippen LogP contribution in [-0.2, 0) is 14.3 Å². The first-order valence-electron chi connectivity index (χ1n) is 4.67. The van der Waals surface area contributed by atoms with Crippen LogP contribution in [0.2, 0.25) is 0 Å². The number of rotatable bonds is 3. The Morgan fingerprint density at radius 1 is 1.44 bits per heavy atom. The van der Waals surface area contributed by atoms with Crippen LogP contribution in [0.15, 0.2) is 17.8 Å². The summed E-state index contributed by atoms with van der Waals surface area (Å²) in [6.07, 6.45) is 1.60. The molecule has 1 amide bonds. The maximum atomic E-state index is 11.4. The molecule has 16 heavy (non-hydrogen) atoms. The van der Waals surface area contributed by atoms with Crippen LogP contribution in [0, 0.1) is 6.92 Å². The highest BCUT2D eigenvalue weighted by molar-refractivity contribution is 7.12. The number of carbonyl (C=O) groups excluding carboxylic acids is 2. The molecule has 1 heterocycles. The van der Waals surface area contributed by atoms with Crippen LogP contribution < -0.4 is 5.32 Å². The number of methoxy groups -OCH3 is 1. The molecule has 4 nitrogen and oxygen atoms in total. The zero-order valence-electron chi connectivity index (χ0n) is 9.37. The quantitative estimate of drug-likeness (QED) is 0.645. The first-order valence-corrected chi connectivity index (χ1v) is 5.48. The van der Waals surface area contributed by atoms with Gasteiger partial charge in [0, 0.05) is 16.7 Å². The third-order valence-corrected chi connectivity index (χ3v) is 2.71. The smallest absolute Gasteiger partial charge is 0.354 e. The standard InChI is InChI=1S/C11H13NO3S/c1-7-4-5-9(16-7)6-10(11(14)15-3)12-8(2)13/h4-6H,1-3H3,(H,12,13)/b10-6-. The molecule has 0 aromatic carbocycles. The summed E-state index contributed by atoms with van der Waals surface area (Å²) < 4.78 is 4.57. The van der Waals surface area contributed by atoms with Crippen molar-refractivity contribution in [3.05, 3.63) is 27.6 Å². The fraction of sp³-hybridized carbons (Fsp3) is 0.273. The molecule has 1 N–H and O–H groups in total. The highest BCUT2D eigenvalue weighted by atomic mass is 32.1. The lowest BCUT2D eigenvalue weighted by Crippen LogP contribution is -2.25. The van der Waals surface area contributed by atoms with Crippen molar-refractivity contribution in [2.45, 2.75) is 13.8 Å². The van der Waals surface area contributed by atoms with Crippen LogP contribution in [0.3, 0.4) is 0 Å². The zero-order valence-corrected chi connectivity index (χ0v) is 10.2. The van der Waals surface area contributed by atoms with Crippen LogP contribution in [-0.4, -0.2) is 19.0 Å². The molecule has 0 fully saturated rings. The van der Waals surface area contributed by atoms with Crippen molar-refractivity contribution in [3.8, 4) is 0 Å². The number of esters is 1. The molecule has 0 atom stereocenters. The molecule has 0 saturated carbocycles. The second-order valence-corrected chi connectivity index (χ2v) is 4.50. The van der Waals surface area contributed by atoms with Crippen LogP contribution in [0.4, 0.5) is 0 Å². The van der Waals surface area contributed by atoms with Gasteiger partial charge < -0.3 is 10.1 Å². The summed E-state index contributed by atoms with van der Waals surface area (Å²) in [7, 11) is 1.28. The Bertz CT molecular complexity index is 434. The van der Waals surface area contributed by atoms with Crippen molar-refractivity contribution in [1.82, 2.24) is 5.32 Å². The van der Waals surface area contributed by atoms with Crippen molar-refractivity contribution < 1.29 is 14.3 Å². The van der Waals surface area contributed by atoms with E-state index in [-0.39, 0.29) is 11.6 Å². The van der Waals surface area contributed by atoms with Gasteiger partial charge in [0.15, 0.2) is 0 Å². The molecular formula is C11H13NO3S. The van der Waals surface area contributed by atoms with E-state index in [1.54, 1.807) is 6.08 Å². The van der Waals surface area contributed by atoms with Gasteiger partial charge in [-0.05, 0) is 25.1 Å². The molecule has 0 aliphatic heterocycles. The molecule has 0 aliphatic rings. The Morgan fingerprint density at radius 2 is 2.12 bits per heavy atom. The predicted octanol–water partition coefficient (Wildman–Crippen LogP) is 1.71. The van der Waals surface area contributed by atoms with Crippen LogP contribution >= 0.6 is 11.3 Å². The Kier molecular flexibility index (Phi) is 4.25. The molecule has 1 rings (SSSR count). The maximum absolute atomic E-state index is 11.4. The molecule has 0 spiro atoms. The van der Waals surface area contributed by atoms with Crippen LogP contribution in [0.25, 0.3) is 6.08 Å². The topological polar surface area (TPSA) is 55.4 Å². The van der Waals surface area contributed by atoms with E-state index in [2.05, 4.69) is 10.1 Å². The molecular weight excluding hydrogens is 226 g/mol. The van der Waals surface area contributed by atoms with E-state index in [1.165, 1.54) is 25.4 Å². The molecule has 5 heteroatoms. The lowest BCUT2D eigenvalue weighted by atomic mass is 10.3. The normalized spacial score (nSPS) is 11.1. The van der Waals surface area contributed by atoms with E-state index in [0.717, 1.165) is 9.75 Å². The van der Waals surface area contributed by atoms with E-state index < -0.39 is 5.97 Å². The SMILES string of the molecule is COC(=O)/C(=C/c1ccc(C)s1)NC(C)=O. The number of ether oxygens (including phenoxy) is 1. The second-order valence-electron chi connectivity index (χ2n) is 3.18. The average Bonchev–Trinajstić information content (AvgIpc) is 2.61. The van der Waals surface area contributed by atoms with Gasteiger partial charge in [0.25, 0.3) is 0 Å². The summed E-state index contributed by atoms with van der Waals surface area (Å²) in [6.45, 7) is 3.31. The summed E-state index contributed by atoms with van der Waals surface area (Å²) in [5.41, 5.74) is 0.150. The summed E-state index contributed by atoms with van der Waals surface area (Å²) in [5.74, 6) is -0.855. The van der Waals surface area contributed by atoms with Gasteiger partial charge >= 0.3 is 5.97 Å². The third kappa shape index (κ3) is 3.51. The molecule has 0 radical (unpaired) electrons. The number of hydrogen-bond donors (Lipinski definition) is 1. The van der Waals surface area contributed by atoms with E-state index in [1.807, 2.05) is 19.1 Å². The fourth-order valence-electron chi connectivity index (χ4n) is 1.12. The zero-order chi connectivity index (χ0) is 12.1. The minimum atomic E-state index is -0.554. The predicted molar refractivity (Wildman–Crippen MR) is 62.9 cm³/mol. The molecule has 1 aromatic rings. The van der Waals surface area contributed by atoms with Crippen molar-refractivity contribution in [1.29, 1.82) is 0 Å². The van der Waals surface area contributed by atoms with Gasteiger partial charge in [-0.15, -0.1) is 11.3 Å². The fourth-order valence-corrected chi connectivity index (χ4v) is 1.94. The summed E-state index contributed by atoms with van der Waals surface area (Å²) >= 11 is 1.54. The number of hydrogen-bond acceptors (Lipinski definition) is 4. The Morgan fingerprint density at radius 3 is 2.56 bits per heavy atom. The van der Waals surface area contributed by atoms with Crippen LogP contribution in [0.5, 0.6) is 0 Å². The Balaban J connectivity index is 2.95. The number of aryl methyl sites for hydroxylation is 1. The van der Waals surface area contributed by atoms with Gasteiger partial charge in [-0.3, -0.25) is 4.79 Å². The molecule has 0 aliphatic carbocycles. The van der Waals surface area contributed by atoms with Crippen molar-refractivity contribution in [3.63, 3.8) is 0 Å². The summed E-state index contributed by atoms with van der Waals surface area (Å²) in [6, 6.07) is 3.82. The van der Waals surface area contributed by atoms with Crippen molar-refractivity contribution in [2.24, 2.45) is 0 Å². The summed E-state index contributed by atoms with van der Waals surface area (Å²) in [5, 5.41) is 2.44. The van der Waals surface area contributed by atoms with Crippen LogP contribution in [0.1, 0.15) is 16.7 Å². The molecule has 86 valence electrons. The minimum absolute atomic E-state index is 0.150. The minimum Gasteiger partial charge on any atom is -0.464 e. The lowest BCUT2D eigenvalue weighted by molar-refractivity contribution is -0.137. The molecule has 0 saturated heterocycles. The Labute approximate surface area is 97.9 Å². The van der Waals surface area contributed by atoms with E-state index >= 15 is 0 Å². The Hall–Kier alpha value is -1.62. The highest BCUT2D eigenvalue weighted by Crippen LogP contribution is 2.17. The van der Waals surface area contributed by atoms with Gasteiger partial charge in [-0.2, -0.15) is 0 Å². The van der Waals surface area contributed by atoms with Crippen molar-refractivity contribution >= 4 is 29.3 Å². The number of carbonyl (C=O) groups is 2. The number of thiophene rings is 1. The second kappa shape index (κ2) is 5.46. The number of nitrogens with one attached hydrogen (secondary N) is 1. The average molecular weight is 239 g/mol. The highest BCUT2D eigenvalue weighted by Gasteiger charge is 2.11. The lowest BCUT2D eigenvalue weighted by Gasteiger charge is -2.04. The van der Waals surface area contributed by atoms with Gasteiger partial charge in [0.1, 0.15) is 5.70 Å². The van der Waals surface area contributed by atoms with E-state index in [0.29, 0.717) is 0 Å². The van der Waals surface area contributed by atoms with Crippen molar-refractivity contribution in [2.75, 3.05) is 7.11 Å². The molecule has 1 aromatic heterocycles. The number of amides is 1. The molecule has 0 bridgehead atoms. The first kappa shape index (κ1) is 12.4. The van der Waals surface area contributed by atoms with E-state index in [9.17, 15) is 9.59 Å². The van der Waals surface area contributed by atoms with Gasteiger partial charge in [-0.1, -0.05) is 0 Å². The van der Waals surface area contributed by atoms with Gasteiger partial charge in [0.05, 0.1) is 7.11 Å². The molecule has 0 unspecified atom stereocenters. The van der Waals surface area contributed by atoms with Gasteiger partial charge in [-0.25, -0.2) is 4.79 Å².